The fraction of sp³-hybridized carbons (Fsp3) is 0.200. The molecule has 1 atom stereocenters. The van der Waals surface area contributed by atoms with E-state index in [2.05, 4.69) is 21.4 Å². The summed E-state index contributed by atoms with van der Waals surface area (Å²) in [6.45, 7) is 3.63. The van der Waals surface area contributed by atoms with E-state index in [4.69, 9.17) is 4.74 Å². The van der Waals surface area contributed by atoms with Gasteiger partial charge in [0.1, 0.15) is 23.4 Å². The number of aliphatic imine (C=N–C) groups is 1. The number of thioether (sulfide) groups is 1. The first-order chi connectivity index (χ1) is 16.0. The van der Waals surface area contributed by atoms with Crippen LogP contribution < -0.4 is 10.1 Å². The third-order valence-electron chi connectivity index (χ3n) is 4.90. The van der Waals surface area contributed by atoms with E-state index < -0.39 is 6.04 Å². The Hall–Kier alpha value is -3.67. The molecule has 2 heterocycles. The van der Waals surface area contributed by atoms with E-state index in [-0.39, 0.29) is 18.6 Å². The Bertz CT molecular complexity index is 1300. The number of aliphatic hydroxyl groups is 1. The molecular formula is C25H22N4O3S. The monoisotopic (exact) mass is 458 g/mol. The predicted molar refractivity (Wildman–Crippen MR) is 130 cm³/mol. The number of fused-ring (bicyclic) bond motifs is 1. The van der Waals surface area contributed by atoms with Gasteiger partial charge in [0.2, 0.25) is 0 Å². The fourth-order valence-corrected chi connectivity index (χ4v) is 4.27. The molecule has 0 saturated carbocycles. The highest BCUT2D eigenvalue weighted by Crippen LogP contribution is 2.32. The number of amides is 1. The molecule has 33 heavy (non-hydrogen) atoms. The van der Waals surface area contributed by atoms with Gasteiger partial charge in [-0.2, -0.15) is 5.26 Å². The van der Waals surface area contributed by atoms with Crippen LogP contribution in [0.1, 0.15) is 36.6 Å². The number of amidine groups is 1. The molecule has 1 aromatic heterocycles. The maximum atomic E-state index is 12.5. The molecule has 166 valence electrons. The Kier molecular flexibility index (Phi) is 6.73. The molecule has 7 nitrogen and oxygen atoms in total. The van der Waals surface area contributed by atoms with Crippen LogP contribution in [0.5, 0.6) is 5.75 Å². The number of ether oxygens (including phenoxy) is 1. The Morgan fingerprint density at radius 2 is 2.06 bits per heavy atom. The lowest BCUT2D eigenvalue weighted by molar-refractivity contribution is -0.115. The highest BCUT2D eigenvalue weighted by atomic mass is 32.2. The minimum Gasteiger partial charge on any atom is -0.489 e. The van der Waals surface area contributed by atoms with Gasteiger partial charge in [-0.15, -0.1) is 0 Å². The normalized spacial score (nSPS) is 16.9. The number of carbonyl (C=O) groups excluding carboxylic acids is 1. The van der Waals surface area contributed by atoms with Crippen LogP contribution in [0.15, 0.2) is 64.6 Å². The highest BCUT2D eigenvalue weighted by molar-refractivity contribution is 8.18. The summed E-state index contributed by atoms with van der Waals surface area (Å²) < 4.78 is 5.90. The van der Waals surface area contributed by atoms with Crippen LogP contribution in [0.4, 0.5) is 0 Å². The second kappa shape index (κ2) is 9.86. The van der Waals surface area contributed by atoms with Gasteiger partial charge in [-0.25, -0.2) is 0 Å². The number of carbonyl (C=O) groups is 1. The minimum atomic E-state index is -0.458. The number of nitrogens with one attached hydrogen (secondary N) is 1. The average Bonchev–Trinajstić information content (AvgIpc) is 3.16. The van der Waals surface area contributed by atoms with E-state index in [0.717, 1.165) is 11.1 Å². The van der Waals surface area contributed by atoms with Crippen LogP contribution in [0, 0.1) is 11.3 Å². The van der Waals surface area contributed by atoms with Crippen molar-refractivity contribution in [3.63, 3.8) is 0 Å². The van der Waals surface area contributed by atoms with Crippen LogP contribution in [-0.2, 0) is 4.79 Å². The van der Waals surface area contributed by atoms with Crippen LogP contribution >= 0.6 is 11.8 Å². The van der Waals surface area contributed by atoms with Gasteiger partial charge in [-0.3, -0.25) is 14.8 Å². The first-order valence-electron chi connectivity index (χ1n) is 10.4. The van der Waals surface area contributed by atoms with Crippen molar-refractivity contribution in [1.82, 2.24) is 10.3 Å². The molecule has 0 unspecified atom stereocenters. The van der Waals surface area contributed by atoms with Gasteiger partial charge < -0.3 is 15.2 Å². The van der Waals surface area contributed by atoms with E-state index in [0.29, 0.717) is 32.3 Å². The zero-order valence-electron chi connectivity index (χ0n) is 18.1. The molecule has 1 amide bonds. The average molecular weight is 459 g/mol. The number of aliphatic hydroxyl groups excluding tert-OH is 1. The number of nitrogens with zero attached hydrogens (tertiary/aromatic N) is 3. The summed E-state index contributed by atoms with van der Waals surface area (Å²) in [6, 6.07) is 16.7. The van der Waals surface area contributed by atoms with Crippen molar-refractivity contribution in [2.24, 2.45) is 4.99 Å². The molecule has 1 aliphatic heterocycles. The topological polar surface area (TPSA) is 108 Å². The predicted octanol–water partition coefficient (Wildman–Crippen LogP) is 4.19. The second-order valence-electron chi connectivity index (χ2n) is 7.66. The molecule has 0 aliphatic carbocycles. The molecule has 0 bridgehead atoms. The van der Waals surface area contributed by atoms with Gasteiger partial charge >= 0.3 is 0 Å². The molecule has 2 aromatic carbocycles. The Balaban J connectivity index is 1.65. The molecule has 0 spiro atoms. The first-order valence-corrected chi connectivity index (χ1v) is 11.2. The molecule has 8 heteroatoms. The summed E-state index contributed by atoms with van der Waals surface area (Å²) >= 11 is 1.22. The van der Waals surface area contributed by atoms with E-state index in [1.807, 2.05) is 62.4 Å². The number of nitriles is 1. The summed E-state index contributed by atoms with van der Waals surface area (Å²) in [5.41, 5.74) is 2.70. The van der Waals surface area contributed by atoms with E-state index >= 15 is 0 Å². The van der Waals surface area contributed by atoms with Crippen molar-refractivity contribution in [3.8, 4) is 11.8 Å². The van der Waals surface area contributed by atoms with Crippen molar-refractivity contribution in [2.45, 2.75) is 26.0 Å². The summed E-state index contributed by atoms with van der Waals surface area (Å²) in [6.07, 6.45) is 3.16. The number of hydrogen-bond donors (Lipinski definition) is 2. The molecule has 3 aromatic rings. The Morgan fingerprint density at radius 1 is 1.27 bits per heavy atom. The largest absolute Gasteiger partial charge is 0.489 e. The number of aromatic nitrogens is 1. The molecular weight excluding hydrogens is 436 g/mol. The summed E-state index contributed by atoms with van der Waals surface area (Å²) in [5, 5.41) is 23.1. The summed E-state index contributed by atoms with van der Waals surface area (Å²) in [7, 11) is 0. The minimum absolute atomic E-state index is 0.108. The van der Waals surface area contributed by atoms with Gasteiger partial charge in [-0.1, -0.05) is 36.4 Å². The third kappa shape index (κ3) is 5.06. The maximum Gasteiger partial charge on any atom is 0.264 e. The van der Waals surface area contributed by atoms with Crippen molar-refractivity contribution >= 4 is 39.8 Å². The van der Waals surface area contributed by atoms with Crippen molar-refractivity contribution in [3.05, 3.63) is 76.3 Å². The maximum absolute atomic E-state index is 12.5. The summed E-state index contributed by atoms with van der Waals surface area (Å²) in [4.78, 5) is 21.9. The molecule has 1 saturated heterocycles. The lowest BCUT2D eigenvalue weighted by Gasteiger charge is -2.14. The number of rotatable bonds is 6. The Morgan fingerprint density at radius 3 is 2.76 bits per heavy atom. The smallest absolute Gasteiger partial charge is 0.264 e. The van der Waals surface area contributed by atoms with Gasteiger partial charge in [0.05, 0.1) is 23.1 Å². The van der Waals surface area contributed by atoms with Crippen LogP contribution in [-0.4, -0.2) is 33.9 Å². The van der Waals surface area contributed by atoms with Crippen molar-refractivity contribution < 1.29 is 14.6 Å². The SMILES string of the molecule is CC(C)Oc1c(C#N)cnc2ccc(/C=C3/SC(=N[C@@H](CO)c4ccccc4)NC3=O)cc12. The second-order valence-corrected chi connectivity index (χ2v) is 8.69. The molecule has 4 rings (SSSR count). The lowest BCUT2D eigenvalue weighted by atomic mass is 10.1. The van der Waals surface area contributed by atoms with Crippen LogP contribution in [0.2, 0.25) is 0 Å². The quantitative estimate of drug-likeness (QED) is 0.537. The van der Waals surface area contributed by atoms with E-state index in [1.165, 1.54) is 18.0 Å². The lowest BCUT2D eigenvalue weighted by Crippen LogP contribution is -2.21. The first kappa shape index (κ1) is 22.5. The Labute approximate surface area is 195 Å². The third-order valence-corrected chi connectivity index (χ3v) is 5.82. The molecule has 2 N–H and O–H groups in total. The molecule has 1 fully saturated rings. The summed E-state index contributed by atoms with van der Waals surface area (Å²) in [5.74, 6) is 0.225. The zero-order valence-corrected chi connectivity index (χ0v) is 19.0. The van der Waals surface area contributed by atoms with Gasteiger partial charge in [0.25, 0.3) is 5.91 Å². The van der Waals surface area contributed by atoms with Crippen molar-refractivity contribution in [2.75, 3.05) is 6.61 Å². The number of hydrogen-bond acceptors (Lipinski definition) is 7. The standard InChI is InChI=1S/C25H22N4O3S/c1-15(2)32-23-18(12-26)13-27-20-9-8-16(10-19(20)23)11-22-24(31)29-25(33-22)28-21(14-30)17-6-4-3-5-7-17/h3-11,13,15,21,30H,14H2,1-2H3,(H,28,29,31)/b22-11+/t21-/m0/s1. The molecule has 0 radical (unpaired) electrons. The van der Waals surface area contributed by atoms with Gasteiger partial charge in [0, 0.05) is 11.6 Å². The van der Waals surface area contributed by atoms with Crippen molar-refractivity contribution in [1.29, 1.82) is 5.26 Å². The molecule has 1 aliphatic rings. The highest BCUT2D eigenvalue weighted by Gasteiger charge is 2.25. The fourth-order valence-electron chi connectivity index (χ4n) is 3.40. The number of pyridine rings is 1. The van der Waals surface area contributed by atoms with E-state index in [9.17, 15) is 15.2 Å². The van der Waals surface area contributed by atoms with Crippen LogP contribution in [0.3, 0.4) is 0 Å². The van der Waals surface area contributed by atoms with Gasteiger partial charge in [-0.05, 0) is 54.9 Å². The van der Waals surface area contributed by atoms with E-state index in [1.54, 1.807) is 6.08 Å². The van der Waals surface area contributed by atoms with Crippen LogP contribution in [0.25, 0.3) is 17.0 Å². The number of benzene rings is 2. The van der Waals surface area contributed by atoms with Gasteiger partial charge in [0.15, 0.2) is 5.17 Å². The zero-order chi connectivity index (χ0) is 23.4.